The van der Waals surface area contributed by atoms with Crippen LogP contribution in [-0.2, 0) is 9.53 Å². The third-order valence-electron chi connectivity index (χ3n) is 3.40. The van der Waals surface area contributed by atoms with E-state index in [-0.39, 0.29) is 11.5 Å². The molecule has 0 spiro atoms. The maximum absolute atomic E-state index is 12.0. The topological polar surface area (TPSA) is 68.6 Å². The van der Waals surface area contributed by atoms with Gasteiger partial charge in [-0.2, -0.15) is 5.26 Å². The average molecular weight is 294 g/mol. The smallest absolute Gasteiger partial charge is 0.263 e. The van der Waals surface area contributed by atoms with Crippen molar-refractivity contribution in [2.45, 2.75) is 19.8 Å². The zero-order valence-electron chi connectivity index (χ0n) is 13.1. The van der Waals surface area contributed by atoms with Crippen molar-refractivity contribution in [3.05, 3.63) is 11.8 Å². The molecule has 0 bridgehead atoms. The summed E-state index contributed by atoms with van der Waals surface area (Å²) in [6.45, 7) is 7.60. The lowest BCUT2D eigenvalue weighted by Gasteiger charge is -2.26. The van der Waals surface area contributed by atoms with Gasteiger partial charge in [0.1, 0.15) is 11.6 Å². The Labute approximate surface area is 127 Å². The first-order valence-electron chi connectivity index (χ1n) is 7.57. The molecule has 0 aromatic heterocycles. The normalized spacial score (nSPS) is 16.3. The number of nitriles is 1. The van der Waals surface area contributed by atoms with Crippen LogP contribution in [0, 0.1) is 11.3 Å². The maximum atomic E-state index is 12.0. The number of nitrogens with zero attached hydrogens (tertiary/aromatic N) is 3. The molecule has 0 saturated carbocycles. The van der Waals surface area contributed by atoms with Crippen LogP contribution in [0.5, 0.6) is 0 Å². The molecular weight excluding hydrogens is 268 g/mol. The van der Waals surface area contributed by atoms with Gasteiger partial charge in [0.25, 0.3) is 5.91 Å². The predicted molar refractivity (Wildman–Crippen MR) is 81.5 cm³/mol. The van der Waals surface area contributed by atoms with E-state index in [2.05, 4.69) is 17.1 Å². The number of unbranched alkanes of at least 4 members (excludes halogenated alkanes) is 1. The summed E-state index contributed by atoms with van der Waals surface area (Å²) in [6, 6.07) is 1.97. The number of morpholine rings is 1. The Kier molecular flexibility index (Phi) is 8.48. The molecule has 0 radical (unpaired) electrons. The van der Waals surface area contributed by atoms with Gasteiger partial charge >= 0.3 is 0 Å². The van der Waals surface area contributed by atoms with E-state index >= 15 is 0 Å². The van der Waals surface area contributed by atoms with Crippen molar-refractivity contribution in [2.24, 2.45) is 0 Å². The molecule has 1 saturated heterocycles. The summed E-state index contributed by atoms with van der Waals surface area (Å²) < 4.78 is 5.27. The fourth-order valence-corrected chi connectivity index (χ4v) is 2.08. The van der Waals surface area contributed by atoms with Crippen LogP contribution in [0.15, 0.2) is 11.8 Å². The van der Waals surface area contributed by atoms with Gasteiger partial charge in [-0.1, -0.05) is 13.3 Å². The number of carbonyl (C=O) groups excluding carboxylic acids is 1. The van der Waals surface area contributed by atoms with Crippen LogP contribution in [0.4, 0.5) is 0 Å². The number of rotatable bonds is 8. The Morgan fingerprint density at radius 3 is 2.81 bits per heavy atom. The molecule has 1 fully saturated rings. The van der Waals surface area contributed by atoms with Gasteiger partial charge in [0.15, 0.2) is 0 Å². The number of hydrogen-bond acceptors (Lipinski definition) is 5. The minimum absolute atomic E-state index is 0.163. The van der Waals surface area contributed by atoms with Crippen molar-refractivity contribution in [1.82, 2.24) is 15.1 Å². The monoisotopic (exact) mass is 294 g/mol. The minimum atomic E-state index is -0.297. The van der Waals surface area contributed by atoms with Gasteiger partial charge in [-0.3, -0.25) is 9.69 Å². The van der Waals surface area contributed by atoms with Crippen LogP contribution in [-0.4, -0.2) is 68.7 Å². The van der Waals surface area contributed by atoms with Crippen molar-refractivity contribution in [2.75, 3.05) is 53.0 Å². The van der Waals surface area contributed by atoms with E-state index in [0.717, 1.165) is 52.2 Å². The lowest BCUT2D eigenvalue weighted by Crippen LogP contribution is -2.41. The maximum Gasteiger partial charge on any atom is 0.263 e. The highest BCUT2D eigenvalue weighted by Gasteiger charge is 2.12. The summed E-state index contributed by atoms with van der Waals surface area (Å²) in [6.07, 6.45) is 3.76. The van der Waals surface area contributed by atoms with Gasteiger partial charge in [-0.25, -0.2) is 0 Å². The predicted octanol–water partition coefficient (Wildman–Crippen LogP) is 0.574. The number of amides is 1. The largest absolute Gasteiger partial charge is 0.379 e. The van der Waals surface area contributed by atoms with Crippen LogP contribution < -0.4 is 5.32 Å². The second-order valence-corrected chi connectivity index (χ2v) is 5.20. The quantitative estimate of drug-likeness (QED) is 0.524. The zero-order chi connectivity index (χ0) is 15.5. The van der Waals surface area contributed by atoms with E-state index in [1.165, 1.54) is 0 Å². The second kappa shape index (κ2) is 10.2. The van der Waals surface area contributed by atoms with E-state index < -0.39 is 0 Å². The van der Waals surface area contributed by atoms with E-state index in [0.29, 0.717) is 6.54 Å². The van der Waals surface area contributed by atoms with Gasteiger partial charge in [0, 0.05) is 46.0 Å². The minimum Gasteiger partial charge on any atom is -0.379 e. The van der Waals surface area contributed by atoms with Crippen molar-refractivity contribution in [3.8, 4) is 6.07 Å². The number of hydrogen-bond donors (Lipinski definition) is 1. The molecule has 1 aliphatic rings. The molecule has 1 aliphatic heterocycles. The summed E-state index contributed by atoms with van der Waals surface area (Å²) >= 11 is 0. The molecule has 118 valence electrons. The van der Waals surface area contributed by atoms with Crippen molar-refractivity contribution in [1.29, 1.82) is 5.26 Å². The third-order valence-corrected chi connectivity index (χ3v) is 3.40. The highest BCUT2D eigenvalue weighted by atomic mass is 16.5. The molecule has 21 heavy (non-hydrogen) atoms. The molecule has 6 heteroatoms. The van der Waals surface area contributed by atoms with Gasteiger partial charge < -0.3 is 15.0 Å². The molecule has 0 unspecified atom stereocenters. The number of carbonyl (C=O) groups is 1. The number of nitrogens with one attached hydrogen (secondary N) is 1. The second-order valence-electron chi connectivity index (χ2n) is 5.20. The lowest BCUT2D eigenvalue weighted by atomic mass is 10.2. The Morgan fingerprint density at radius 2 is 2.19 bits per heavy atom. The molecule has 1 amide bonds. The first-order valence-corrected chi connectivity index (χ1v) is 7.57. The first kappa shape index (κ1) is 17.5. The van der Waals surface area contributed by atoms with Crippen molar-refractivity contribution < 1.29 is 9.53 Å². The number of ether oxygens (including phenoxy) is 1. The summed E-state index contributed by atoms with van der Waals surface area (Å²) in [5.74, 6) is -0.297. The van der Waals surface area contributed by atoms with E-state index in [4.69, 9.17) is 10.00 Å². The highest BCUT2D eigenvalue weighted by molar-refractivity contribution is 5.97. The summed E-state index contributed by atoms with van der Waals surface area (Å²) in [4.78, 5) is 16.1. The van der Waals surface area contributed by atoms with Crippen LogP contribution in [0.1, 0.15) is 19.8 Å². The van der Waals surface area contributed by atoms with Gasteiger partial charge in [0.2, 0.25) is 0 Å². The van der Waals surface area contributed by atoms with E-state index in [1.54, 1.807) is 6.20 Å². The molecule has 1 N–H and O–H groups in total. The SMILES string of the molecule is CCCCN(C)/C=C(/C#N)C(=O)NCCN1CCOCC1. The fraction of sp³-hybridized carbons (Fsp3) is 0.733. The Hall–Kier alpha value is -1.58. The molecule has 1 rings (SSSR count). The van der Waals surface area contributed by atoms with Gasteiger partial charge in [-0.05, 0) is 6.42 Å². The van der Waals surface area contributed by atoms with Crippen LogP contribution in [0.25, 0.3) is 0 Å². The van der Waals surface area contributed by atoms with Gasteiger partial charge in [0.05, 0.1) is 13.2 Å². The lowest BCUT2D eigenvalue weighted by molar-refractivity contribution is -0.117. The van der Waals surface area contributed by atoms with Gasteiger partial charge in [-0.15, -0.1) is 0 Å². The molecule has 6 nitrogen and oxygen atoms in total. The Balaban J connectivity index is 2.33. The van der Waals surface area contributed by atoms with Crippen molar-refractivity contribution >= 4 is 5.91 Å². The molecule has 0 aromatic carbocycles. The van der Waals surface area contributed by atoms with Crippen LogP contribution in [0.2, 0.25) is 0 Å². The fourth-order valence-electron chi connectivity index (χ4n) is 2.08. The molecule has 0 aliphatic carbocycles. The first-order chi connectivity index (χ1) is 10.2. The third kappa shape index (κ3) is 7.11. The summed E-state index contributed by atoms with van der Waals surface area (Å²) in [5.41, 5.74) is 0.163. The van der Waals surface area contributed by atoms with E-state index in [9.17, 15) is 4.79 Å². The Bertz CT molecular complexity index is 384. The van der Waals surface area contributed by atoms with E-state index in [1.807, 2.05) is 18.0 Å². The van der Waals surface area contributed by atoms with Crippen LogP contribution in [0.3, 0.4) is 0 Å². The van der Waals surface area contributed by atoms with Crippen LogP contribution >= 0.6 is 0 Å². The molecular formula is C15H26N4O2. The van der Waals surface area contributed by atoms with Crippen molar-refractivity contribution in [3.63, 3.8) is 0 Å². The molecule has 0 aromatic rings. The molecule has 0 atom stereocenters. The average Bonchev–Trinajstić information content (AvgIpc) is 2.51. The highest BCUT2D eigenvalue weighted by Crippen LogP contribution is 1.99. The zero-order valence-corrected chi connectivity index (χ0v) is 13.1. The summed E-state index contributed by atoms with van der Waals surface area (Å²) in [5, 5.41) is 11.9. The molecule has 1 heterocycles. The Morgan fingerprint density at radius 1 is 1.48 bits per heavy atom. The standard InChI is InChI=1S/C15H26N4O2/c1-3-4-6-18(2)13-14(12-16)15(20)17-5-7-19-8-10-21-11-9-19/h13H,3-11H2,1-2H3,(H,17,20)/b14-13-. The summed E-state index contributed by atoms with van der Waals surface area (Å²) in [7, 11) is 1.88.